The van der Waals surface area contributed by atoms with Gasteiger partial charge in [-0.15, -0.1) is 0 Å². The predicted octanol–water partition coefficient (Wildman–Crippen LogP) is 1.10. The van der Waals surface area contributed by atoms with Gasteiger partial charge in [0, 0.05) is 24.4 Å². The smallest absolute Gasteiger partial charge is 0.204 e. The first-order valence-electron chi connectivity index (χ1n) is 14.1. The third kappa shape index (κ3) is 6.20. The third-order valence-electron chi connectivity index (χ3n) is 10.5. The monoisotopic (exact) mass is 554 g/mol. The van der Waals surface area contributed by atoms with Crippen molar-refractivity contribution in [3.63, 3.8) is 0 Å². The zero-order valence-corrected chi connectivity index (χ0v) is 23.4. The van der Waals surface area contributed by atoms with Gasteiger partial charge >= 0.3 is 0 Å². The lowest BCUT2D eigenvalue weighted by molar-refractivity contribution is -0.310. The first-order chi connectivity index (χ1) is 17.9. The molecule has 0 radical (unpaired) electrons. The molecule has 0 aromatic rings. The molecule has 1 unspecified atom stereocenters. The zero-order valence-electron chi connectivity index (χ0n) is 22.5. The summed E-state index contributed by atoms with van der Waals surface area (Å²) in [5.41, 5.74) is 0.184. The van der Waals surface area contributed by atoms with Crippen LogP contribution in [0.4, 0.5) is 0 Å². The number of ketones is 1. The second-order valence-electron chi connectivity index (χ2n) is 12.4. The molecule has 11 heteroatoms. The molecule has 216 valence electrons. The summed E-state index contributed by atoms with van der Waals surface area (Å²) in [5.74, 6) is -0.268. The molecule has 4 aliphatic rings. The Labute approximate surface area is 224 Å². The molecular weight excluding hydrogens is 513 g/mol. The van der Waals surface area contributed by atoms with Crippen molar-refractivity contribution in [3.8, 4) is 0 Å². The molecule has 0 amide bonds. The first-order valence-corrected chi connectivity index (χ1v) is 15.7. The summed E-state index contributed by atoms with van der Waals surface area (Å²) >= 11 is 0. The number of rotatable bonds is 12. The molecule has 0 spiro atoms. The Morgan fingerprint density at radius 3 is 2.55 bits per heavy atom. The van der Waals surface area contributed by atoms with Crippen molar-refractivity contribution in [3.05, 3.63) is 0 Å². The van der Waals surface area contributed by atoms with Crippen molar-refractivity contribution >= 4 is 25.5 Å². The summed E-state index contributed by atoms with van der Waals surface area (Å²) < 4.78 is 23.0. The van der Waals surface area contributed by atoms with E-state index in [-0.39, 0.29) is 23.5 Å². The number of carbonyl (C=O) groups excluding carboxylic acids is 3. The maximum absolute atomic E-state index is 12.6. The van der Waals surface area contributed by atoms with Crippen molar-refractivity contribution in [2.75, 3.05) is 13.2 Å². The second-order valence-corrected chi connectivity index (χ2v) is 13.9. The van der Waals surface area contributed by atoms with Gasteiger partial charge in [0.15, 0.2) is 0 Å². The van der Waals surface area contributed by atoms with Gasteiger partial charge < -0.3 is 34.0 Å². The Bertz CT molecular complexity index is 959. The topological polar surface area (TPSA) is 168 Å². The molecule has 0 heterocycles. The average Bonchev–Trinajstić information content (AvgIpc) is 3.15. The van der Waals surface area contributed by atoms with Crippen LogP contribution in [0.25, 0.3) is 0 Å². The van der Waals surface area contributed by atoms with Gasteiger partial charge in [-0.3, -0.25) is 9.36 Å². The molecule has 0 bridgehead atoms. The highest BCUT2D eigenvalue weighted by Crippen LogP contribution is 2.65. The number of Topliss-reactive ketones (excluding diaryl/α,β-unsaturated/α-hetero) is 1. The molecule has 4 aliphatic carbocycles. The number of carbonyl (C=O) groups is 3. The second kappa shape index (κ2) is 11.7. The number of fused-ring (bicyclic) bond motifs is 5. The lowest BCUT2D eigenvalue weighted by Crippen LogP contribution is -2.54. The minimum atomic E-state index is -4.70. The molecule has 0 aliphatic heterocycles. The normalized spacial score (nSPS) is 38.9. The van der Waals surface area contributed by atoms with Crippen LogP contribution < -0.4 is 20.2 Å². The van der Waals surface area contributed by atoms with Gasteiger partial charge in [-0.05, 0) is 99.7 Å². The largest absolute Gasteiger partial charge is 0.766 e. The fraction of sp³-hybridized carbons (Fsp3) is 0.889. The van der Waals surface area contributed by atoms with Gasteiger partial charge in [0.2, 0.25) is 7.75 Å². The van der Waals surface area contributed by atoms with Crippen molar-refractivity contribution in [2.45, 2.75) is 103 Å². The highest BCUT2D eigenvalue weighted by molar-refractivity contribution is 7.49. The van der Waals surface area contributed by atoms with Gasteiger partial charge in [-0.25, -0.2) is 5.09 Å². The Morgan fingerprint density at radius 1 is 1.08 bits per heavy atom. The summed E-state index contributed by atoms with van der Waals surface area (Å²) in [4.78, 5) is 46.3. The summed E-state index contributed by atoms with van der Waals surface area (Å²) in [6.07, 6.45) is 8.74. The average molecular weight is 555 g/mol. The lowest BCUT2D eigenvalue weighted by Gasteiger charge is -2.60. The number of carboxylic acids is 2. The molecule has 9 atom stereocenters. The van der Waals surface area contributed by atoms with Crippen LogP contribution in [0.1, 0.15) is 90.9 Å². The lowest BCUT2D eigenvalue weighted by atomic mass is 9.45. The molecule has 10 nitrogen and oxygen atoms in total. The first kappa shape index (κ1) is 29.7. The quantitative estimate of drug-likeness (QED) is 0.272. The highest BCUT2D eigenvalue weighted by atomic mass is 31.2. The van der Waals surface area contributed by atoms with Gasteiger partial charge in [0.1, 0.15) is 5.78 Å². The standard InChI is InChI=1S/C27H44NO9P/c1-26-12-10-18(36-14-3-15-37-38(34,35)28-22(25(32)33)7-9-24(30)31)16-17(26)4-5-19-20-6-8-23(29)27(20,2)13-11-21(19)26/h17-22H,3-16H2,1-2H3,(H,30,31)(H,32,33)(H2,28,34,35)/p-3/t17-,18-,19-,20-,21-,22-,26-,27-/m0/s1. The van der Waals surface area contributed by atoms with E-state index in [0.29, 0.717) is 42.5 Å². The molecule has 0 aromatic heterocycles. The van der Waals surface area contributed by atoms with E-state index in [9.17, 15) is 34.1 Å². The minimum absolute atomic E-state index is 0.0995. The molecule has 4 fully saturated rings. The number of carboxylic acid groups (broad SMARTS) is 2. The maximum atomic E-state index is 12.6. The van der Waals surface area contributed by atoms with E-state index in [0.717, 1.165) is 44.9 Å². The van der Waals surface area contributed by atoms with Gasteiger partial charge in [-0.2, -0.15) is 0 Å². The van der Waals surface area contributed by atoms with E-state index in [1.165, 1.54) is 12.8 Å². The Hall–Kier alpha value is -1.32. The van der Waals surface area contributed by atoms with Crippen LogP contribution >= 0.6 is 7.75 Å². The molecule has 0 aromatic carbocycles. The van der Waals surface area contributed by atoms with E-state index in [1.54, 1.807) is 0 Å². The fourth-order valence-electron chi connectivity index (χ4n) is 8.36. The fourth-order valence-corrected chi connectivity index (χ4v) is 9.42. The van der Waals surface area contributed by atoms with E-state index < -0.39 is 38.6 Å². The molecule has 4 saturated carbocycles. The molecule has 1 N–H and O–H groups in total. The summed E-state index contributed by atoms with van der Waals surface area (Å²) in [5, 5.41) is 23.4. The number of nitrogens with one attached hydrogen (secondary N) is 1. The van der Waals surface area contributed by atoms with E-state index in [2.05, 4.69) is 13.8 Å². The Balaban J connectivity index is 1.20. The molecule has 0 saturated heterocycles. The number of ether oxygens (including phenoxy) is 1. The zero-order chi connectivity index (χ0) is 27.7. The van der Waals surface area contributed by atoms with Crippen molar-refractivity contribution < 1.29 is 43.3 Å². The van der Waals surface area contributed by atoms with Crippen LogP contribution in [-0.4, -0.2) is 43.1 Å². The maximum Gasteiger partial charge on any atom is 0.204 e. The summed E-state index contributed by atoms with van der Waals surface area (Å²) in [6.45, 7) is 4.83. The number of aliphatic carboxylic acids is 2. The van der Waals surface area contributed by atoms with Crippen LogP contribution in [0.15, 0.2) is 0 Å². The Kier molecular flexibility index (Phi) is 9.10. The van der Waals surface area contributed by atoms with Crippen molar-refractivity contribution in [1.82, 2.24) is 5.09 Å². The summed E-state index contributed by atoms with van der Waals surface area (Å²) in [6, 6.07) is -1.70. The minimum Gasteiger partial charge on any atom is -0.766 e. The molecule has 38 heavy (non-hydrogen) atoms. The summed E-state index contributed by atoms with van der Waals surface area (Å²) in [7, 11) is -4.70. The van der Waals surface area contributed by atoms with Crippen LogP contribution in [0.5, 0.6) is 0 Å². The van der Waals surface area contributed by atoms with Crippen LogP contribution in [-0.2, 0) is 28.2 Å². The van der Waals surface area contributed by atoms with Crippen LogP contribution in [0.2, 0.25) is 0 Å². The van der Waals surface area contributed by atoms with Crippen LogP contribution in [0, 0.1) is 34.5 Å². The third-order valence-corrected chi connectivity index (χ3v) is 11.6. The van der Waals surface area contributed by atoms with Crippen LogP contribution in [0.3, 0.4) is 0 Å². The predicted molar refractivity (Wildman–Crippen MR) is 131 cm³/mol. The van der Waals surface area contributed by atoms with E-state index >= 15 is 0 Å². The van der Waals surface area contributed by atoms with E-state index in [1.807, 2.05) is 5.09 Å². The number of hydrogen-bond donors (Lipinski definition) is 1. The number of hydrogen-bond acceptors (Lipinski definition) is 9. The van der Waals surface area contributed by atoms with Gasteiger partial charge in [0.25, 0.3) is 0 Å². The van der Waals surface area contributed by atoms with Crippen molar-refractivity contribution in [2.24, 2.45) is 34.5 Å². The SMILES string of the molecule is C[C@]12CC[C@H](OCCCOP(=O)([O-])N[C@@H](CCC(=O)[O-])C(=O)[O-])C[C@@H]1CC[C@@H]1[C@@H]2CC[C@]2(C)C(=O)CC[C@@H]12. The highest BCUT2D eigenvalue weighted by Gasteiger charge is 2.60. The van der Waals surface area contributed by atoms with E-state index in [4.69, 9.17) is 9.26 Å². The van der Waals surface area contributed by atoms with Crippen molar-refractivity contribution in [1.29, 1.82) is 0 Å². The van der Waals surface area contributed by atoms with Gasteiger partial charge in [-0.1, -0.05) is 13.8 Å². The Morgan fingerprint density at radius 2 is 1.84 bits per heavy atom. The molecular formula is C27H41NO9P-3. The molecule has 4 rings (SSSR count). The van der Waals surface area contributed by atoms with Gasteiger partial charge in [0.05, 0.1) is 24.7 Å².